The van der Waals surface area contributed by atoms with Gasteiger partial charge < -0.3 is 15.2 Å². The maximum atomic E-state index is 12.3. The van der Waals surface area contributed by atoms with E-state index in [2.05, 4.69) is 5.32 Å². The average molecular weight is 341 g/mol. The summed E-state index contributed by atoms with van der Waals surface area (Å²) in [5.74, 6) is 0.858. The van der Waals surface area contributed by atoms with Crippen molar-refractivity contribution in [1.29, 1.82) is 0 Å². The first-order valence-electron chi connectivity index (χ1n) is 8.62. The number of aryl methyl sites for hydroxylation is 1. The summed E-state index contributed by atoms with van der Waals surface area (Å²) in [6.07, 6.45) is 0.513. The zero-order valence-electron chi connectivity index (χ0n) is 15.2. The fourth-order valence-electron chi connectivity index (χ4n) is 2.93. The van der Waals surface area contributed by atoms with Gasteiger partial charge in [-0.2, -0.15) is 0 Å². The lowest BCUT2D eigenvalue weighted by Crippen LogP contribution is -2.30. The standard InChI is InChI=1S/C21H27NO3/c1-15-9-10-17(12-20(15)25-3)13-21(24)22-14-19(11-16(2)23)18-7-5-4-6-8-18/h4-10,12,16,19,23H,11,13-14H2,1-3H3,(H,22,24). The van der Waals surface area contributed by atoms with Crippen LogP contribution in [0.2, 0.25) is 0 Å². The van der Waals surface area contributed by atoms with Crippen LogP contribution in [0.3, 0.4) is 0 Å². The van der Waals surface area contributed by atoms with Crippen molar-refractivity contribution in [2.24, 2.45) is 0 Å². The molecule has 0 aromatic heterocycles. The first-order valence-corrected chi connectivity index (χ1v) is 8.62. The second kappa shape index (κ2) is 9.23. The molecule has 0 aliphatic carbocycles. The first kappa shape index (κ1) is 19.0. The highest BCUT2D eigenvalue weighted by Crippen LogP contribution is 2.21. The van der Waals surface area contributed by atoms with Gasteiger partial charge in [0.25, 0.3) is 0 Å². The number of carbonyl (C=O) groups excluding carboxylic acids is 1. The summed E-state index contributed by atoms with van der Waals surface area (Å²) in [5.41, 5.74) is 3.10. The monoisotopic (exact) mass is 341 g/mol. The lowest BCUT2D eigenvalue weighted by molar-refractivity contribution is -0.120. The fourth-order valence-corrected chi connectivity index (χ4v) is 2.93. The molecule has 2 unspecified atom stereocenters. The van der Waals surface area contributed by atoms with Gasteiger partial charge >= 0.3 is 0 Å². The maximum Gasteiger partial charge on any atom is 0.224 e. The summed E-state index contributed by atoms with van der Waals surface area (Å²) in [6, 6.07) is 15.8. The summed E-state index contributed by atoms with van der Waals surface area (Å²) < 4.78 is 5.31. The van der Waals surface area contributed by atoms with Gasteiger partial charge in [0.15, 0.2) is 0 Å². The molecule has 2 N–H and O–H groups in total. The smallest absolute Gasteiger partial charge is 0.224 e. The van der Waals surface area contributed by atoms with Crippen LogP contribution in [0.25, 0.3) is 0 Å². The highest BCUT2D eigenvalue weighted by atomic mass is 16.5. The van der Waals surface area contributed by atoms with Gasteiger partial charge in [0.05, 0.1) is 19.6 Å². The van der Waals surface area contributed by atoms with Crippen LogP contribution in [0.5, 0.6) is 5.75 Å². The maximum absolute atomic E-state index is 12.3. The van der Waals surface area contributed by atoms with Crippen LogP contribution < -0.4 is 10.1 Å². The molecule has 0 aliphatic heterocycles. The number of benzene rings is 2. The van der Waals surface area contributed by atoms with Crippen LogP contribution >= 0.6 is 0 Å². The van der Waals surface area contributed by atoms with Gasteiger partial charge in [0, 0.05) is 12.5 Å². The van der Waals surface area contributed by atoms with E-state index in [1.54, 1.807) is 14.0 Å². The third-order valence-corrected chi connectivity index (χ3v) is 4.28. The predicted molar refractivity (Wildman–Crippen MR) is 99.9 cm³/mol. The minimum absolute atomic E-state index is 0.0302. The zero-order chi connectivity index (χ0) is 18.2. The second-order valence-corrected chi connectivity index (χ2v) is 6.48. The molecule has 2 atom stereocenters. The van der Waals surface area contributed by atoms with E-state index in [0.29, 0.717) is 19.4 Å². The van der Waals surface area contributed by atoms with Gasteiger partial charge in [-0.25, -0.2) is 0 Å². The summed E-state index contributed by atoms with van der Waals surface area (Å²) >= 11 is 0. The Labute approximate surface area is 149 Å². The van der Waals surface area contributed by atoms with E-state index >= 15 is 0 Å². The second-order valence-electron chi connectivity index (χ2n) is 6.48. The molecule has 25 heavy (non-hydrogen) atoms. The molecular formula is C21H27NO3. The number of rotatable bonds is 8. The molecule has 4 heteroatoms. The van der Waals surface area contributed by atoms with Crippen LogP contribution in [0.4, 0.5) is 0 Å². The van der Waals surface area contributed by atoms with Crippen molar-refractivity contribution in [3.8, 4) is 5.75 Å². The van der Waals surface area contributed by atoms with E-state index < -0.39 is 6.10 Å². The van der Waals surface area contributed by atoms with Gasteiger partial charge in [0.2, 0.25) is 5.91 Å². The Morgan fingerprint density at radius 3 is 2.56 bits per heavy atom. The molecule has 0 heterocycles. The number of amides is 1. The number of ether oxygens (including phenoxy) is 1. The Balaban J connectivity index is 1.96. The SMILES string of the molecule is COc1cc(CC(=O)NCC(CC(C)O)c2ccccc2)ccc1C. The number of nitrogens with one attached hydrogen (secondary N) is 1. The summed E-state index contributed by atoms with van der Waals surface area (Å²) in [4.78, 5) is 12.3. The van der Waals surface area contributed by atoms with Gasteiger partial charge in [-0.15, -0.1) is 0 Å². The minimum Gasteiger partial charge on any atom is -0.496 e. The molecule has 0 bridgehead atoms. The summed E-state index contributed by atoms with van der Waals surface area (Å²) in [7, 11) is 1.63. The van der Waals surface area contributed by atoms with Crippen LogP contribution in [0.15, 0.2) is 48.5 Å². The molecule has 2 aromatic rings. The minimum atomic E-state index is -0.413. The average Bonchev–Trinajstić information content (AvgIpc) is 2.60. The van der Waals surface area contributed by atoms with Crippen molar-refractivity contribution in [3.63, 3.8) is 0 Å². The van der Waals surface area contributed by atoms with Crippen LogP contribution in [-0.4, -0.2) is 30.8 Å². The molecule has 4 nitrogen and oxygen atoms in total. The lowest BCUT2D eigenvalue weighted by atomic mass is 9.93. The molecule has 134 valence electrons. The Kier molecular flexibility index (Phi) is 7.02. The molecule has 0 fully saturated rings. The normalized spacial score (nSPS) is 13.1. The van der Waals surface area contributed by atoms with E-state index in [9.17, 15) is 9.90 Å². The van der Waals surface area contributed by atoms with Crippen molar-refractivity contribution in [2.75, 3.05) is 13.7 Å². The van der Waals surface area contributed by atoms with E-state index in [1.807, 2.05) is 55.5 Å². The van der Waals surface area contributed by atoms with Gasteiger partial charge in [0.1, 0.15) is 5.75 Å². The van der Waals surface area contributed by atoms with Crippen molar-refractivity contribution in [3.05, 3.63) is 65.2 Å². The zero-order valence-corrected chi connectivity index (χ0v) is 15.2. The van der Waals surface area contributed by atoms with Crippen molar-refractivity contribution >= 4 is 5.91 Å². The lowest BCUT2D eigenvalue weighted by Gasteiger charge is -2.19. The number of carbonyl (C=O) groups is 1. The molecule has 0 saturated carbocycles. The molecule has 1 amide bonds. The molecule has 0 radical (unpaired) electrons. The third-order valence-electron chi connectivity index (χ3n) is 4.28. The van der Waals surface area contributed by atoms with Crippen LogP contribution in [0, 0.1) is 6.92 Å². The Morgan fingerprint density at radius 2 is 1.92 bits per heavy atom. The van der Waals surface area contributed by atoms with Gasteiger partial charge in [-0.05, 0) is 43.0 Å². The first-order chi connectivity index (χ1) is 12.0. The largest absolute Gasteiger partial charge is 0.496 e. The predicted octanol–water partition coefficient (Wildman–Crippen LogP) is 3.22. The highest BCUT2D eigenvalue weighted by Gasteiger charge is 2.15. The van der Waals surface area contributed by atoms with Crippen LogP contribution in [-0.2, 0) is 11.2 Å². The number of hydrogen-bond donors (Lipinski definition) is 2. The van der Waals surface area contributed by atoms with Crippen molar-refractivity contribution < 1.29 is 14.6 Å². The summed E-state index contributed by atoms with van der Waals surface area (Å²) in [6.45, 7) is 4.26. The summed E-state index contributed by atoms with van der Waals surface area (Å²) in [5, 5.41) is 12.7. The Morgan fingerprint density at radius 1 is 1.20 bits per heavy atom. The molecule has 2 aromatic carbocycles. The number of methoxy groups -OCH3 is 1. The topological polar surface area (TPSA) is 58.6 Å². The number of hydrogen-bond acceptors (Lipinski definition) is 3. The third kappa shape index (κ3) is 5.91. The molecular weight excluding hydrogens is 314 g/mol. The van der Waals surface area contributed by atoms with Gasteiger partial charge in [-0.1, -0.05) is 42.5 Å². The van der Waals surface area contributed by atoms with E-state index in [-0.39, 0.29) is 11.8 Å². The van der Waals surface area contributed by atoms with E-state index in [1.165, 1.54) is 0 Å². The van der Waals surface area contributed by atoms with Crippen molar-refractivity contribution in [2.45, 2.75) is 38.7 Å². The molecule has 0 saturated heterocycles. The number of aliphatic hydroxyl groups is 1. The number of aliphatic hydroxyl groups excluding tert-OH is 1. The molecule has 0 spiro atoms. The quantitative estimate of drug-likeness (QED) is 0.775. The van der Waals surface area contributed by atoms with Gasteiger partial charge in [-0.3, -0.25) is 4.79 Å². The van der Waals surface area contributed by atoms with E-state index in [4.69, 9.17) is 4.74 Å². The Hall–Kier alpha value is -2.33. The fraction of sp³-hybridized carbons (Fsp3) is 0.381. The van der Waals surface area contributed by atoms with Crippen LogP contribution in [0.1, 0.15) is 36.0 Å². The Bertz CT molecular complexity index is 683. The van der Waals surface area contributed by atoms with E-state index in [0.717, 1.165) is 22.4 Å². The van der Waals surface area contributed by atoms with Crippen molar-refractivity contribution in [1.82, 2.24) is 5.32 Å². The molecule has 2 rings (SSSR count). The highest BCUT2D eigenvalue weighted by molar-refractivity contribution is 5.78. The molecule has 0 aliphatic rings.